The molecule has 7 heteroatoms. The van der Waals surface area contributed by atoms with Crippen LogP contribution in [-0.4, -0.2) is 41.0 Å². The number of likely N-dealkylation sites (tertiary alicyclic amines) is 1. The molecule has 0 bridgehead atoms. The molecule has 3 rings (SSSR count). The molecule has 2 aromatic rings. The predicted molar refractivity (Wildman–Crippen MR) is 102 cm³/mol. The number of halogens is 1. The number of benzene rings is 1. The van der Waals surface area contributed by atoms with Gasteiger partial charge in [-0.05, 0) is 44.0 Å². The van der Waals surface area contributed by atoms with Crippen LogP contribution in [0.3, 0.4) is 0 Å². The molecule has 0 unspecified atom stereocenters. The van der Waals surface area contributed by atoms with Crippen molar-refractivity contribution in [3.63, 3.8) is 0 Å². The Kier molecular flexibility index (Phi) is 5.93. The van der Waals surface area contributed by atoms with Gasteiger partial charge in [-0.15, -0.1) is 0 Å². The summed E-state index contributed by atoms with van der Waals surface area (Å²) >= 11 is 6.07. The quantitative estimate of drug-likeness (QED) is 0.868. The van der Waals surface area contributed by atoms with Crippen LogP contribution in [0.1, 0.15) is 41.9 Å². The lowest BCUT2D eigenvalue weighted by atomic mass is 10.2. The van der Waals surface area contributed by atoms with Crippen LogP contribution in [0.5, 0.6) is 5.75 Å². The van der Waals surface area contributed by atoms with E-state index in [1.54, 1.807) is 31.4 Å². The number of methoxy groups -OCH3 is 1. The molecule has 1 aromatic carbocycles. The SMILES string of the molecule is COc1ccc(Cl)cc1Nc1nc(C)cc(C(=O)N2CCCCCC2)n1. The molecule has 26 heavy (non-hydrogen) atoms. The first-order valence-corrected chi connectivity index (χ1v) is 9.20. The number of hydrogen-bond acceptors (Lipinski definition) is 5. The van der Waals surface area contributed by atoms with E-state index in [1.807, 2.05) is 11.8 Å². The molecule has 1 aromatic heterocycles. The van der Waals surface area contributed by atoms with Crippen LogP contribution in [-0.2, 0) is 0 Å². The zero-order valence-corrected chi connectivity index (χ0v) is 15.8. The van der Waals surface area contributed by atoms with E-state index in [0.717, 1.165) is 31.6 Å². The van der Waals surface area contributed by atoms with Gasteiger partial charge in [0.05, 0.1) is 12.8 Å². The van der Waals surface area contributed by atoms with Crippen molar-refractivity contribution in [3.05, 3.63) is 40.7 Å². The highest BCUT2D eigenvalue weighted by molar-refractivity contribution is 6.31. The largest absolute Gasteiger partial charge is 0.495 e. The molecule has 0 spiro atoms. The van der Waals surface area contributed by atoms with Crippen LogP contribution in [0.2, 0.25) is 5.02 Å². The summed E-state index contributed by atoms with van der Waals surface area (Å²) in [5, 5.41) is 3.68. The van der Waals surface area contributed by atoms with Crippen LogP contribution in [0.25, 0.3) is 0 Å². The summed E-state index contributed by atoms with van der Waals surface area (Å²) < 4.78 is 5.34. The molecule has 1 fully saturated rings. The first kappa shape index (κ1) is 18.5. The Morgan fingerprint density at radius 3 is 2.58 bits per heavy atom. The fourth-order valence-electron chi connectivity index (χ4n) is 3.07. The monoisotopic (exact) mass is 374 g/mol. The number of ether oxygens (including phenoxy) is 1. The van der Waals surface area contributed by atoms with Crippen molar-refractivity contribution in [2.75, 3.05) is 25.5 Å². The minimum Gasteiger partial charge on any atom is -0.495 e. The van der Waals surface area contributed by atoms with Gasteiger partial charge in [0, 0.05) is 23.8 Å². The Balaban J connectivity index is 1.86. The van der Waals surface area contributed by atoms with Gasteiger partial charge in [-0.2, -0.15) is 0 Å². The van der Waals surface area contributed by atoms with Crippen molar-refractivity contribution >= 4 is 29.1 Å². The van der Waals surface area contributed by atoms with Gasteiger partial charge in [0.25, 0.3) is 5.91 Å². The van der Waals surface area contributed by atoms with E-state index < -0.39 is 0 Å². The Morgan fingerprint density at radius 2 is 1.88 bits per heavy atom. The van der Waals surface area contributed by atoms with Crippen molar-refractivity contribution in [1.82, 2.24) is 14.9 Å². The molecule has 1 saturated heterocycles. The highest BCUT2D eigenvalue weighted by Gasteiger charge is 2.20. The molecule has 0 aliphatic carbocycles. The smallest absolute Gasteiger partial charge is 0.272 e. The number of carbonyl (C=O) groups excluding carboxylic acids is 1. The van der Waals surface area contributed by atoms with Crippen molar-refractivity contribution in [2.45, 2.75) is 32.6 Å². The Labute approximate surface area is 158 Å². The van der Waals surface area contributed by atoms with Crippen LogP contribution >= 0.6 is 11.6 Å². The number of nitrogens with zero attached hydrogens (tertiary/aromatic N) is 3. The molecule has 1 N–H and O–H groups in total. The van der Waals surface area contributed by atoms with E-state index in [-0.39, 0.29) is 5.91 Å². The van der Waals surface area contributed by atoms with Gasteiger partial charge >= 0.3 is 0 Å². The summed E-state index contributed by atoms with van der Waals surface area (Å²) in [5.74, 6) is 0.933. The van der Waals surface area contributed by atoms with E-state index >= 15 is 0 Å². The summed E-state index contributed by atoms with van der Waals surface area (Å²) in [6.45, 7) is 3.42. The van der Waals surface area contributed by atoms with Crippen LogP contribution < -0.4 is 10.1 Å². The van der Waals surface area contributed by atoms with Gasteiger partial charge in [-0.1, -0.05) is 24.4 Å². The molecule has 1 amide bonds. The molecule has 1 aliphatic heterocycles. The lowest BCUT2D eigenvalue weighted by molar-refractivity contribution is 0.0755. The van der Waals surface area contributed by atoms with Gasteiger partial charge in [0.1, 0.15) is 11.4 Å². The summed E-state index contributed by atoms with van der Waals surface area (Å²) in [5.41, 5.74) is 1.78. The second-order valence-electron chi connectivity index (χ2n) is 6.39. The number of rotatable bonds is 4. The molecular formula is C19H23ClN4O2. The number of anilines is 2. The Morgan fingerprint density at radius 1 is 1.15 bits per heavy atom. The number of aromatic nitrogens is 2. The number of amides is 1. The summed E-state index contributed by atoms with van der Waals surface area (Å²) in [4.78, 5) is 23.6. The highest BCUT2D eigenvalue weighted by atomic mass is 35.5. The summed E-state index contributed by atoms with van der Waals surface area (Å²) in [6.07, 6.45) is 4.43. The highest BCUT2D eigenvalue weighted by Crippen LogP contribution is 2.29. The van der Waals surface area contributed by atoms with Gasteiger partial charge in [-0.3, -0.25) is 4.79 Å². The number of carbonyl (C=O) groups is 1. The molecular weight excluding hydrogens is 352 g/mol. The molecule has 0 radical (unpaired) electrons. The summed E-state index contributed by atoms with van der Waals surface area (Å²) in [7, 11) is 1.58. The van der Waals surface area contributed by atoms with Crippen molar-refractivity contribution in [3.8, 4) is 5.75 Å². The lowest BCUT2D eigenvalue weighted by Crippen LogP contribution is -2.32. The van der Waals surface area contributed by atoms with Gasteiger partial charge < -0.3 is 15.0 Å². The van der Waals surface area contributed by atoms with Gasteiger partial charge in [0.15, 0.2) is 0 Å². The Bertz CT molecular complexity index is 789. The number of hydrogen-bond donors (Lipinski definition) is 1. The van der Waals surface area contributed by atoms with E-state index in [9.17, 15) is 4.79 Å². The van der Waals surface area contributed by atoms with Crippen LogP contribution in [0, 0.1) is 6.92 Å². The van der Waals surface area contributed by atoms with Gasteiger partial charge in [-0.25, -0.2) is 9.97 Å². The third-order valence-electron chi connectivity index (χ3n) is 4.37. The fourth-order valence-corrected chi connectivity index (χ4v) is 3.24. The van der Waals surface area contributed by atoms with Crippen molar-refractivity contribution in [2.24, 2.45) is 0 Å². The normalized spacial score (nSPS) is 14.7. The van der Waals surface area contributed by atoms with Crippen LogP contribution in [0.4, 0.5) is 11.6 Å². The minimum atomic E-state index is -0.0430. The van der Waals surface area contributed by atoms with Crippen molar-refractivity contribution < 1.29 is 9.53 Å². The maximum atomic E-state index is 12.8. The van der Waals surface area contributed by atoms with E-state index in [0.29, 0.717) is 28.1 Å². The first-order valence-electron chi connectivity index (χ1n) is 8.82. The Hall–Kier alpha value is -2.34. The number of aryl methyl sites for hydroxylation is 1. The maximum Gasteiger partial charge on any atom is 0.272 e. The van der Waals surface area contributed by atoms with Crippen LogP contribution in [0.15, 0.2) is 24.3 Å². The molecule has 2 heterocycles. The molecule has 0 atom stereocenters. The average molecular weight is 375 g/mol. The zero-order valence-electron chi connectivity index (χ0n) is 15.1. The molecule has 1 aliphatic rings. The fraction of sp³-hybridized carbons (Fsp3) is 0.421. The number of nitrogens with one attached hydrogen (secondary N) is 1. The van der Waals surface area contributed by atoms with Gasteiger partial charge in [0.2, 0.25) is 5.95 Å². The average Bonchev–Trinajstić information content (AvgIpc) is 2.90. The van der Waals surface area contributed by atoms with E-state index in [2.05, 4.69) is 15.3 Å². The zero-order chi connectivity index (χ0) is 18.5. The molecule has 6 nitrogen and oxygen atoms in total. The van der Waals surface area contributed by atoms with E-state index in [4.69, 9.17) is 16.3 Å². The predicted octanol–water partition coefficient (Wildman–Crippen LogP) is 4.21. The lowest BCUT2D eigenvalue weighted by Gasteiger charge is -2.20. The standard InChI is InChI=1S/C19H23ClN4O2/c1-13-11-16(18(25)24-9-5-3-4-6-10-24)23-19(21-13)22-15-12-14(20)7-8-17(15)26-2/h7-8,11-12H,3-6,9-10H2,1-2H3,(H,21,22,23). The van der Waals surface area contributed by atoms with Crippen molar-refractivity contribution in [1.29, 1.82) is 0 Å². The maximum absolute atomic E-state index is 12.8. The van der Waals surface area contributed by atoms with E-state index in [1.165, 1.54) is 12.8 Å². The second kappa shape index (κ2) is 8.36. The topological polar surface area (TPSA) is 67.3 Å². The minimum absolute atomic E-state index is 0.0430. The third-order valence-corrected chi connectivity index (χ3v) is 4.61. The third kappa shape index (κ3) is 4.43. The molecule has 138 valence electrons. The molecule has 0 saturated carbocycles. The second-order valence-corrected chi connectivity index (χ2v) is 6.83. The first-order chi connectivity index (χ1) is 12.6. The summed E-state index contributed by atoms with van der Waals surface area (Å²) in [6, 6.07) is 6.98.